The van der Waals surface area contributed by atoms with Crippen LogP contribution >= 0.6 is 15.9 Å². The van der Waals surface area contributed by atoms with Gasteiger partial charge in [0.1, 0.15) is 0 Å². The SMILES string of the molecule is Cc1cc(NC2CCOC2)c(Br)cc1N. The summed E-state index contributed by atoms with van der Waals surface area (Å²) in [5.41, 5.74) is 8.82. The minimum absolute atomic E-state index is 0.421. The molecule has 1 saturated heterocycles. The Morgan fingerprint density at radius 2 is 2.33 bits per heavy atom. The average molecular weight is 271 g/mol. The van der Waals surface area contributed by atoms with Crippen molar-refractivity contribution in [1.82, 2.24) is 0 Å². The third-order valence-corrected chi connectivity index (χ3v) is 3.30. The normalized spacial score (nSPS) is 20.5. The molecule has 1 atom stereocenters. The van der Waals surface area contributed by atoms with Crippen molar-refractivity contribution >= 4 is 27.3 Å². The van der Waals surface area contributed by atoms with Gasteiger partial charge < -0.3 is 15.8 Å². The molecule has 0 radical (unpaired) electrons. The Kier molecular flexibility index (Phi) is 3.17. The van der Waals surface area contributed by atoms with Gasteiger partial charge in [0.05, 0.1) is 12.6 Å². The molecule has 3 nitrogen and oxygen atoms in total. The van der Waals surface area contributed by atoms with E-state index < -0.39 is 0 Å². The molecule has 1 unspecified atom stereocenters. The Hall–Kier alpha value is -0.740. The van der Waals surface area contributed by atoms with Crippen LogP contribution in [-0.4, -0.2) is 19.3 Å². The minimum Gasteiger partial charge on any atom is -0.398 e. The summed E-state index contributed by atoms with van der Waals surface area (Å²) in [6.07, 6.45) is 1.07. The second-order valence-corrected chi connectivity index (χ2v) is 4.75. The van der Waals surface area contributed by atoms with Crippen LogP contribution in [0.1, 0.15) is 12.0 Å². The Labute approximate surface area is 98.1 Å². The standard InChI is InChI=1S/C11H15BrN2O/c1-7-4-11(9(12)5-10(7)13)14-8-2-3-15-6-8/h4-5,8,14H,2-3,6,13H2,1H3. The molecule has 82 valence electrons. The summed E-state index contributed by atoms with van der Waals surface area (Å²) in [5.74, 6) is 0. The fourth-order valence-corrected chi connectivity index (χ4v) is 2.15. The molecule has 1 heterocycles. The lowest BCUT2D eigenvalue weighted by Crippen LogP contribution is -2.19. The van der Waals surface area contributed by atoms with Gasteiger partial charge >= 0.3 is 0 Å². The third-order valence-electron chi connectivity index (χ3n) is 2.65. The predicted molar refractivity (Wildman–Crippen MR) is 66.1 cm³/mol. The summed E-state index contributed by atoms with van der Waals surface area (Å²) in [5, 5.41) is 3.45. The van der Waals surface area contributed by atoms with Crippen molar-refractivity contribution in [3.05, 3.63) is 22.2 Å². The smallest absolute Gasteiger partial charge is 0.0668 e. The monoisotopic (exact) mass is 270 g/mol. The van der Waals surface area contributed by atoms with Gasteiger partial charge in [-0.25, -0.2) is 0 Å². The van der Waals surface area contributed by atoms with E-state index in [1.165, 1.54) is 0 Å². The number of nitrogens with two attached hydrogens (primary N) is 1. The van der Waals surface area contributed by atoms with Crippen LogP contribution in [0.15, 0.2) is 16.6 Å². The Bertz CT molecular complexity index is 362. The number of hydrogen-bond acceptors (Lipinski definition) is 3. The molecule has 1 aromatic carbocycles. The van der Waals surface area contributed by atoms with Crippen LogP contribution in [0.2, 0.25) is 0 Å². The van der Waals surface area contributed by atoms with Gasteiger partial charge in [-0.15, -0.1) is 0 Å². The number of rotatable bonds is 2. The summed E-state index contributed by atoms with van der Waals surface area (Å²) < 4.78 is 6.33. The summed E-state index contributed by atoms with van der Waals surface area (Å²) >= 11 is 3.51. The van der Waals surface area contributed by atoms with Crippen LogP contribution in [0.5, 0.6) is 0 Å². The maximum Gasteiger partial charge on any atom is 0.0668 e. The van der Waals surface area contributed by atoms with E-state index in [1.807, 2.05) is 13.0 Å². The minimum atomic E-state index is 0.421. The number of halogens is 1. The van der Waals surface area contributed by atoms with Crippen molar-refractivity contribution in [2.45, 2.75) is 19.4 Å². The lowest BCUT2D eigenvalue weighted by molar-refractivity contribution is 0.195. The average Bonchev–Trinajstić information content (AvgIpc) is 2.67. The lowest BCUT2D eigenvalue weighted by Gasteiger charge is -2.15. The van der Waals surface area contributed by atoms with E-state index in [2.05, 4.69) is 27.3 Å². The summed E-state index contributed by atoms with van der Waals surface area (Å²) in [6.45, 7) is 3.65. The largest absolute Gasteiger partial charge is 0.398 e. The first-order chi connectivity index (χ1) is 7.16. The zero-order chi connectivity index (χ0) is 10.8. The van der Waals surface area contributed by atoms with Crippen LogP contribution in [0.4, 0.5) is 11.4 Å². The Morgan fingerprint density at radius 1 is 1.53 bits per heavy atom. The molecule has 0 amide bonds. The van der Waals surface area contributed by atoms with Crippen LogP contribution in [-0.2, 0) is 4.74 Å². The molecule has 0 spiro atoms. The van der Waals surface area contributed by atoms with E-state index >= 15 is 0 Å². The number of nitrogen functional groups attached to an aromatic ring is 1. The molecule has 2 rings (SSSR count). The number of anilines is 2. The highest BCUT2D eigenvalue weighted by molar-refractivity contribution is 9.10. The predicted octanol–water partition coefficient (Wildman–Crippen LogP) is 2.54. The third kappa shape index (κ3) is 2.44. The van der Waals surface area contributed by atoms with Gasteiger partial charge in [-0.05, 0) is 47.0 Å². The van der Waals surface area contributed by atoms with Crippen LogP contribution < -0.4 is 11.1 Å². The van der Waals surface area contributed by atoms with E-state index in [4.69, 9.17) is 10.5 Å². The highest BCUT2D eigenvalue weighted by atomic mass is 79.9. The topological polar surface area (TPSA) is 47.3 Å². The van der Waals surface area contributed by atoms with Gasteiger partial charge in [0.2, 0.25) is 0 Å². The van der Waals surface area contributed by atoms with E-state index in [9.17, 15) is 0 Å². The van der Waals surface area contributed by atoms with E-state index in [0.29, 0.717) is 6.04 Å². The van der Waals surface area contributed by atoms with Gasteiger partial charge in [0, 0.05) is 22.5 Å². The maximum absolute atomic E-state index is 5.82. The summed E-state index contributed by atoms with van der Waals surface area (Å²) in [7, 11) is 0. The van der Waals surface area contributed by atoms with Crippen molar-refractivity contribution in [3.8, 4) is 0 Å². The zero-order valence-electron chi connectivity index (χ0n) is 8.72. The Morgan fingerprint density at radius 3 is 3.00 bits per heavy atom. The van der Waals surface area contributed by atoms with E-state index in [0.717, 1.165) is 41.0 Å². The van der Waals surface area contributed by atoms with Gasteiger partial charge in [-0.1, -0.05) is 0 Å². The Balaban J connectivity index is 2.16. The van der Waals surface area contributed by atoms with Crippen molar-refractivity contribution in [3.63, 3.8) is 0 Å². The zero-order valence-corrected chi connectivity index (χ0v) is 10.3. The molecule has 0 bridgehead atoms. The summed E-state index contributed by atoms with van der Waals surface area (Å²) in [6, 6.07) is 4.43. The molecular weight excluding hydrogens is 256 g/mol. The van der Waals surface area contributed by atoms with Gasteiger partial charge in [-0.3, -0.25) is 0 Å². The fraction of sp³-hybridized carbons (Fsp3) is 0.455. The molecule has 0 saturated carbocycles. The van der Waals surface area contributed by atoms with Crippen molar-refractivity contribution in [1.29, 1.82) is 0 Å². The van der Waals surface area contributed by atoms with Crippen molar-refractivity contribution in [2.24, 2.45) is 0 Å². The van der Waals surface area contributed by atoms with Gasteiger partial charge in [0.25, 0.3) is 0 Å². The molecule has 1 aliphatic heterocycles. The molecule has 1 aromatic rings. The molecule has 0 aliphatic carbocycles. The molecule has 0 aromatic heterocycles. The second-order valence-electron chi connectivity index (χ2n) is 3.89. The first kappa shape index (κ1) is 10.8. The van der Waals surface area contributed by atoms with Gasteiger partial charge in [0.15, 0.2) is 0 Å². The van der Waals surface area contributed by atoms with Crippen molar-refractivity contribution in [2.75, 3.05) is 24.3 Å². The first-order valence-electron chi connectivity index (χ1n) is 5.06. The fourth-order valence-electron chi connectivity index (χ4n) is 1.68. The quantitative estimate of drug-likeness (QED) is 0.812. The van der Waals surface area contributed by atoms with E-state index in [1.54, 1.807) is 0 Å². The lowest BCUT2D eigenvalue weighted by atomic mass is 10.1. The molecule has 1 fully saturated rings. The molecule has 4 heteroatoms. The molecule has 15 heavy (non-hydrogen) atoms. The molecule has 1 aliphatic rings. The second kappa shape index (κ2) is 4.41. The number of aryl methyl sites for hydroxylation is 1. The molecular formula is C11H15BrN2O. The number of benzene rings is 1. The van der Waals surface area contributed by atoms with Crippen LogP contribution in [0.3, 0.4) is 0 Å². The number of hydrogen-bond donors (Lipinski definition) is 2. The van der Waals surface area contributed by atoms with E-state index in [-0.39, 0.29) is 0 Å². The number of nitrogens with one attached hydrogen (secondary N) is 1. The summed E-state index contributed by atoms with van der Waals surface area (Å²) in [4.78, 5) is 0. The maximum atomic E-state index is 5.82. The highest BCUT2D eigenvalue weighted by Crippen LogP contribution is 2.29. The highest BCUT2D eigenvalue weighted by Gasteiger charge is 2.16. The number of ether oxygens (including phenoxy) is 1. The van der Waals surface area contributed by atoms with Crippen molar-refractivity contribution < 1.29 is 4.74 Å². The molecule has 3 N–H and O–H groups in total. The first-order valence-corrected chi connectivity index (χ1v) is 5.86. The van der Waals surface area contributed by atoms with Crippen LogP contribution in [0, 0.1) is 6.92 Å². The van der Waals surface area contributed by atoms with Crippen LogP contribution in [0.25, 0.3) is 0 Å². The van der Waals surface area contributed by atoms with Gasteiger partial charge in [-0.2, -0.15) is 0 Å².